The molecule has 1 rings (SSSR count). The number of amides is 1. The third kappa shape index (κ3) is 3.61. The average Bonchev–Trinajstić information content (AvgIpc) is 2.26. The lowest BCUT2D eigenvalue weighted by molar-refractivity contribution is -0.141. The summed E-state index contributed by atoms with van der Waals surface area (Å²) < 4.78 is 5.02. The molecule has 84 valence electrons. The minimum absolute atomic E-state index is 0.144. The smallest absolute Gasteiger partial charge is 0.308 e. The van der Waals surface area contributed by atoms with E-state index >= 15 is 0 Å². The van der Waals surface area contributed by atoms with E-state index in [4.69, 9.17) is 9.84 Å². The summed E-state index contributed by atoms with van der Waals surface area (Å²) in [5.41, 5.74) is 0.582. The molecule has 5 heteroatoms. The van der Waals surface area contributed by atoms with Gasteiger partial charge in [-0.2, -0.15) is 0 Å². The molecule has 1 atom stereocenters. The van der Waals surface area contributed by atoms with Crippen LogP contribution in [0.25, 0.3) is 0 Å². The highest BCUT2D eigenvalue weighted by Gasteiger charge is 2.16. The molecule has 15 heavy (non-hydrogen) atoms. The highest BCUT2D eigenvalue weighted by atomic mass is 16.5. The summed E-state index contributed by atoms with van der Waals surface area (Å²) in [7, 11) is 0. The summed E-state index contributed by atoms with van der Waals surface area (Å²) in [5.74, 6) is -1.72. The molecule has 1 aliphatic heterocycles. The summed E-state index contributed by atoms with van der Waals surface area (Å²) in [4.78, 5) is 22.0. The van der Waals surface area contributed by atoms with Crippen LogP contribution in [0.15, 0.2) is 11.8 Å². The molecular weight excluding hydrogens is 198 g/mol. The molecule has 0 aromatic rings. The predicted molar refractivity (Wildman–Crippen MR) is 53.1 cm³/mol. The molecule has 2 N–H and O–H groups in total. The van der Waals surface area contributed by atoms with Crippen molar-refractivity contribution in [3.05, 3.63) is 11.8 Å². The zero-order valence-electron chi connectivity index (χ0n) is 8.66. The number of hydrogen-bond acceptors (Lipinski definition) is 3. The number of carbonyl (C=O) groups excluding carboxylic acids is 1. The number of carboxylic acids is 1. The Hall–Kier alpha value is -1.52. The van der Waals surface area contributed by atoms with Crippen LogP contribution in [0.3, 0.4) is 0 Å². The topological polar surface area (TPSA) is 75.6 Å². The van der Waals surface area contributed by atoms with Crippen LogP contribution in [0.2, 0.25) is 0 Å². The van der Waals surface area contributed by atoms with Crippen LogP contribution in [0.4, 0.5) is 0 Å². The lowest BCUT2D eigenvalue weighted by Gasteiger charge is -2.14. The number of ether oxygens (including phenoxy) is 1. The average molecular weight is 213 g/mol. The van der Waals surface area contributed by atoms with Gasteiger partial charge in [0.2, 0.25) is 5.91 Å². The van der Waals surface area contributed by atoms with Gasteiger partial charge in [0, 0.05) is 6.54 Å². The maximum atomic E-state index is 11.5. The van der Waals surface area contributed by atoms with Crippen molar-refractivity contribution in [1.82, 2.24) is 5.32 Å². The van der Waals surface area contributed by atoms with Crippen molar-refractivity contribution in [1.29, 1.82) is 0 Å². The van der Waals surface area contributed by atoms with Gasteiger partial charge in [-0.05, 0) is 12.8 Å². The lowest BCUT2D eigenvalue weighted by atomic mass is 10.1. The number of aliphatic carboxylic acids is 1. The van der Waals surface area contributed by atoms with E-state index in [-0.39, 0.29) is 12.5 Å². The normalized spacial score (nSPS) is 17.3. The highest BCUT2D eigenvalue weighted by Crippen LogP contribution is 2.11. The van der Waals surface area contributed by atoms with E-state index in [0.29, 0.717) is 18.6 Å². The first-order chi connectivity index (χ1) is 7.11. The molecule has 0 aromatic heterocycles. The molecular formula is C10H15NO4. The summed E-state index contributed by atoms with van der Waals surface area (Å²) >= 11 is 0. The molecule has 0 aliphatic carbocycles. The van der Waals surface area contributed by atoms with Crippen LogP contribution >= 0.6 is 0 Å². The first-order valence-electron chi connectivity index (χ1n) is 4.93. The highest BCUT2D eigenvalue weighted by molar-refractivity contribution is 5.93. The fourth-order valence-electron chi connectivity index (χ4n) is 1.18. The van der Waals surface area contributed by atoms with Crippen molar-refractivity contribution in [3.63, 3.8) is 0 Å². The Balaban J connectivity index is 2.35. The first-order valence-corrected chi connectivity index (χ1v) is 4.93. The number of rotatable bonds is 4. The Morgan fingerprint density at radius 1 is 1.67 bits per heavy atom. The zero-order chi connectivity index (χ0) is 11.3. The second kappa shape index (κ2) is 5.38. The van der Waals surface area contributed by atoms with Crippen molar-refractivity contribution in [2.75, 3.05) is 13.2 Å². The van der Waals surface area contributed by atoms with Gasteiger partial charge in [-0.1, -0.05) is 6.92 Å². The Morgan fingerprint density at radius 3 is 2.93 bits per heavy atom. The summed E-state index contributed by atoms with van der Waals surface area (Å²) in [6, 6.07) is 0. The molecule has 0 fully saturated rings. The van der Waals surface area contributed by atoms with Gasteiger partial charge in [0.25, 0.3) is 0 Å². The summed E-state index contributed by atoms with van der Waals surface area (Å²) in [6.07, 6.45) is 2.96. The number of nitrogens with one attached hydrogen (secondary N) is 1. The molecule has 5 nitrogen and oxygen atoms in total. The fourth-order valence-corrected chi connectivity index (χ4v) is 1.18. The standard InChI is InChI=1S/C10H15NO4/c1-7(10(13)14)5-11-9(12)8-3-2-4-15-6-8/h6-7H,2-5H2,1H3,(H,11,12)(H,13,14). The van der Waals surface area contributed by atoms with Crippen LogP contribution in [-0.2, 0) is 14.3 Å². The molecule has 1 heterocycles. The van der Waals surface area contributed by atoms with Gasteiger partial charge < -0.3 is 15.2 Å². The quantitative estimate of drug-likeness (QED) is 0.713. The van der Waals surface area contributed by atoms with Crippen molar-refractivity contribution in [2.24, 2.45) is 5.92 Å². The van der Waals surface area contributed by atoms with E-state index in [1.165, 1.54) is 6.26 Å². The van der Waals surface area contributed by atoms with Crippen molar-refractivity contribution < 1.29 is 19.4 Å². The third-order valence-corrected chi connectivity index (χ3v) is 2.22. The van der Waals surface area contributed by atoms with Crippen molar-refractivity contribution >= 4 is 11.9 Å². The summed E-state index contributed by atoms with van der Waals surface area (Å²) in [5, 5.41) is 11.2. The van der Waals surface area contributed by atoms with E-state index in [9.17, 15) is 9.59 Å². The molecule has 0 radical (unpaired) electrons. The minimum atomic E-state index is -0.913. The van der Waals surface area contributed by atoms with E-state index in [1.807, 2.05) is 0 Å². The van der Waals surface area contributed by atoms with Crippen LogP contribution in [-0.4, -0.2) is 30.1 Å². The van der Waals surface area contributed by atoms with Crippen molar-refractivity contribution in [2.45, 2.75) is 19.8 Å². The predicted octanol–water partition coefficient (Wildman–Crippen LogP) is 0.518. The molecule has 1 unspecified atom stereocenters. The van der Waals surface area contributed by atoms with E-state index in [2.05, 4.69) is 5.32 Å². The molecule has 0 aromatic carbocycles. The monoisotopic (exact) mass is 213 g/mol. The van der Waals surface area contributed by atoms with Gasteiger partial charge in [-0.15, -0.1) is 0 Å². The minimum Gasteiger partial charge on any atom is -0.501 e. The van der Waals surface area contributed by atoms with E-state index in [0.717, 1.165) is 6.42 Å². The number of carboxylic acid groups (broad SMARTS) is 1. The largest absolute Gasteiger partial charge is 0.501 e. The Labute approximate surface area is 88.1 Å². The Kier molecular flexibility index (Phi) is 4.15. The Morgan fingerprint density at radius 2 is 2.40 bits per heavy atom. The third-order valence-electron chi connectivity index (χ3n) is 2.22. The van der Waals surface area contributed by atoms with Gasteiger partial charge >= 0.3 is 5.97 Å². The van der Waals surface area contributed by atoms with Crippen molar-refractivity contribution in [3.8, 4) is 0 Å². The zero-order valence-corrected chi connectivity index (χ0v) is 8.66. The maximum Gasteiger partial charge on any atom is 0.308 e. The second-order valence-corrected chi connectivity index (χ2v) is 3.57. The number of carbonyl (C=O) groups is 2. The van der Waals surface area contributed by atoms with Gasteiger partial charge in [0.15, 0.2) is 0 Å². The Bertz CT molecular complexity index is 285. The van der Waals surface area contributed by atoms with E-state index in [1.54, 1.807) is 6.92 Å². The van der Waals surface area contributed by atoms with Gasteiger partial charge in [-0.25, -0.2) is 0 Å². The van der Waals surface area contributed by atoms with Crippen LogP contribution in [0.5, 0.6) is 0 Å². The SMILES string of the molecule is CC(CNC(=O)C1=COCCC1)C(=O)O. The van der Waals surface area contributed by atoms with Crippen LogP contribution < -0.4 is 5.32 Å². The van der Waals surface area contributed by atoms with Gasteiger partial charge in [0.05, 0.1) is 24.4 Å². The first kappa shape index (κ1) is 11.6. The molecule has 0 bridgehead atoms. The molecule has 1 amide bonds. The molecule has 0 spiro atoms. The van der Waals surface area contributed by atoms with E-state index < -0.39 is 11.9 Å². The van der Waals surface area contributed by atoms with Gasteiger partial charge in [0.1, 0.15) is 0 Å². The molecule has 0 saturated carbocycles. The van der Waals surface area contributed by atoms with Crippen LogP contribution in [0.1, 0.15) is 19.8 Å². The lowest BCUT2D eigenvalue weighted by Crippen LogP contribution is -2.33. The number of hydrogen-bond donors (Lipinski definition) is 2. The second-order valence-electron chi connectivity index (χ2n) is 3.57. The molecule has 1 aliphatic rings. The van der Waals surface area contributed by atoms with Crippen LogP contribution in [0, 0.1) is 5.92 Å². The maximum absolute atomic E-state index is 11.5. The fraction of sp³-hybridized carbons (Fsp3) is 0.600. The van der Waals surface area contributed by atoms with Gasteiger partial charge in [-0.3, -0.25) is 9.59 Å². The molecule has 0 saturated heterocycles. The summed E-state index contributed by atoms with van der Waals surface area (Å²) in [6.45, 7) is 2.34.